The van der Waals surface area contributed by atoms with Gasteiger partial charge in [-0.2, -0.15) is 0 Å². The maximum absolute atomic E-state index is 5.99. The Hall–Kier alpha value is -0.820. The smallest absolute Gasteiger partial charge is 0.0972 e. The van der Waals surface area contributed by atoms with E-state index in [0.29, 0.717) is 11.0 Å². The van der Waals surface area contributed by atoms with Crippen molar-refractivity contribution in [1.82, 2.24) is 0 Å². The summed E-state index contributed by atoms with van der Waals surface area (Å²) < 4.78 is 5.99. The van der Waals surface area contributed by atoms with Crippen molar-refractivity contribution in [3.05, 3.63) is 34.9 Å². The van der Waals surface area contributed by atoms with Gasteiger partial charge < -0.3 is 4.74 Å². The molecule has 0 radical (unpaired) electrons. The Bertz CT molecular complexity index is 600. The molecule has 3 fully saturated rings. The molecule has 0 aromatic heterocycles. The molecule has 0 bridgehead atoms. The molecule has 1 heteroatoms. The number of fused-ring (bicyclic) bond motifs is 6. The number of epoxide rings is 1. The lowest BCUT2D eigenvalue weighted by molar-refractivity contribution is 0.0121. The van der Waals surface area contributed by atoms with Gasteiger partial charge in [0, 0.05) is 5.41 Å². The van der Waals surface area contributed by atoms with Gasteiger partial charge in [-0.1, -0.05) is 30.7 Å². The maximum Gasteiger partial charge on any atom is 0.0972 e. The van der Waals surface area contributed by atoms with E-state index in [1.807, 2.05) is 0 Å². The summed E-state index contributed by atoms with van der Waals surface area (Å²) in [5.41, 5.74) is 5.55. The van der Waals surface area contributed by atoms with Crippen LogP contribution in [0, 0.1) is 24.2 Å². The zero-order valence-electron chi connectivity index (χ0n) is 13.3. The SMILES string of the molecule is Cc1ccc2c(c1)CC[C@@H]1[C@@H]2CC[C@@]2(C)[C@H]1CC[C@@]21CO1. The first-order chi connectivity index (χ1) is 10.1. The third-order valence-corrected chi connectivity index (χ3v) is 7.66. The second-order valence-electron chi connectivity index (χ2n) is 8.40. The Balaban J connectivity index is 1.54. The van der Waals surface area contributed by atoms with E-state index in [1.54, 1.807) is 11.1 Å². The molecule has 2 saturated carbocycles. The average Bonchev–Trinajstić information content (AvgIpc) is 3.20. The summed E-state index contributed by atoms with van der Waals surface area (Å²) in [6, 6.07) is 7.22. The van der Waals surface area contributed by atoms with E-state index in [2.05, 4.69) is 32.0 Å². The lowest BCUT2D eigenvalue weighted by atomic mass is 9.54. The number of rotatable bonds is 0. The van der Waals surface area contributed by atoms with Gasteiger partial charge in [0.15, 0.2) is 0 Å². The van der Waals surface area contributed by atoms with Crippen LogP contribution in [-0.2, 0) is 11.2 Å². The quantitative estimate of drug-likeness (QED) is 0.633. The Morgan fingerprint density at radius 2 is 2.00 bits per heavy atom. The first kappa shape index (κ1) is 12.7. The summed E-state index contributed by atoms with van der Waals surface area (Å²) in [4.78, 5) is 0. The van der Waals surface area contributed by atoms with E-state index in [-0.39, 0.29) is 0 Å². The van der Waals surface area contributed by atoms with Crippen molar-refractivity contribution in [2.75, 3.05) is 6.61 Å². The third kappa shape index (κ3) is 1.51. The molecule has 1 spiro atoms. The molecule has 1 heterocycles. The number of hydrogen-bond donors (Lipinski definition) is 0. The number of benzene rings is 1. The molecule has 5 atom stereocenters. The fraction of sp³-hybridized carbons (Fsp3) is 0.700. The molecule has 1 aromatic rings. The lowest BCUT2D eigenvalue weighted by Crippen LogP contribution is -2.45. The maximum atomic E-state index is 5.99. The zero-order chi connectivity index (χ0) is 14.2. The third-order valence-electron chi connectivity index (χ3n) is 7.66. The topological polar surface area (TPSA) is 12.5 Å². The predicted octanol–water partition coefficient (Wildman–Crippen LogP) is 4.62. The highest BCUT2D eigenvalue weighted by molar-refractivity contribution is 5.38. The molecular formula is C20H26O. The van der Waals surface area contributed by atoms with E-state index < -0.39 is 0 Å². The number of hydrogen-bond acceptors (Lipinski definition) is 1. The second kappa shape index (κ2) is 3.93. The summed E-state index contributed by atoms with van der Waals surface area (Å²) in [6.07, 6.45) is 8.23. The Kier molecular flexibility index (Phi) is 2.37. The molecule has 112 valence electrons. The van der Waals surface area contributed by atoms with Gasteiger partial charge in [0.05, 0.1) is 12.2 Å². The van der Waals surface area contributed by atoms with Gasteiger partial charge in [-0.05, 0) is 74.3 Å². The Morgan fingerprint density at radius 3 is 2.81 bits per heavy atom. The molecule has 1 aliphatic heterocycles. The van der Waals surface area contributed by atoms with Crippen LogP contribution in [0.25, 0.3) is 0 Å². The monoisotopic (exact) mass is 282 g/mol. The summed E-state index contributed by atoms with van der Waals surface area (Å²) in [6.45, 7) is 5.83. The highest BCUT2D eigenvalue weighted by Gasteiger charge is 2.68. The van der Waals surface area contributed by atoms with Crippen LogP contribution in [0.4, 0.5) is 0 Å². The van der Waals surface area contributed by atoms with Crippen LogP contribution in [0.2, 0.25) is 0 Å². The van der Waals surface area contributed by atoms with Gasteiger partial charge in [0.25, 0.3) is 0 Å². The minimum absolute atomic E-state index is 0.302. The van der Waals surface area contributed by atoms with E-state index in [4.69, 9.17) is 4.74 Å². The van der Waals surface area contributed by atoms with Crippen molar-refractivity contribution >= 4 is 0 Å². The van der Waals surface area contributed by atoms with Crippen LogP contribution in [0.5, 0.6) is 0 Å². The Labute approximate surface area is 128 Å². The van der Waals surface area contributed by atoms with Crippen LogP contribution < -0.4 is 0 Å². The molecule has 1 aromatic carbocycles. The van der Waals surface area contributed by atoms with Gasteiger partial charge in [0.2, 0.25) is 0 Å². The molecule has 0 N–H and O–H groups in total. The van der Waals surface area contributed by atoms with E-state index in [0.717, 1.165) is 24.4 Å². The van der Waals surface area contributed by atoms with Crippen molar-refractivity contribution in [3.63, 3.8) is 0 Å². The molecule has 4 aliphatic rings. The lowest BCUT2D eigenvalue weighted by Gasteiger charge is -2.50. The molecular weight excluding hydrogens is 256 g/mol. The standard InChI is InChI=1S/C20H26O/c1-13-3-5-15-14(11-13)4-6-17-16(15)7-9-19(2)18(17)8-10-20(19)12-21-20/h3,5,11,16-18H,4,6-10,12H2,1-2H3/t16-,17-,18+,19+,20-/m1/s1. The Morgan fingerprint density at radius 1 is 1.14 bits per heavy atom. The van der Waals surface area contributed by atoms with Crippen molar-refractivity contribution in [3.8, 4) is 0 Å². The normalized spacial score (nSPS) is 46.9. The fourth-order valence-corrected chi connectivity index (χ4v) is 6.36. The predicted molar refractivity (Wildman–Crippen MR) is 84.5 cm³/mol. The molecule has 3 aliphatic carbocycles. The van der Waals surface area contributed by atoms with Crippen molar-refractivity contribution in [1.29, 1.82) is 0 Å². The summed E-state index contributed by atoms with van der Waals surface area (Å²) >= 11 is 0. The molecule has 21 heavy (non-hydrogen) atoms. The minimum atomic E-state index is 0.302. The van der Waals surface area contributed by atoms with Gasteiger partial charge in [-0.15, -0.1) is 0 Å². The van der Waals surface area contributed by atoms with Crippen LogP contribution in [0.1, 0.15) is 61.6 Å². The van der Waals surface area contributed by atoms with E-state index >= 15 is 0 Å². The largest absolute Gasteiger partial charge is 0.369 e. The van der Waals surface area contributed by atoms with Gasteiger partial charge in [0.1, 0.15) is 0 Å². The zero-order valence-corrected chi connectivity index (χ0v) is 13.3. The van der Waals surface area contributed by atoms with Gasteiger partial charge in [-0.3, -0.25) is 0 Å². The average molecular weight is 282 g/mol. The minimum Gasteiger partial charge on any atom is -0.369 e. The van der Waals surface area contributed by atoms with Crippen molar-refractivity contribution < 1.29 is 4.74 Å². The number of aryl methyl sites for hydroxylation is 2. The van der Waals surface area contributed by atoms with Crippen LogP contribution in [-0.4, -0.2) is 12.2 Å². The van der Waals surface area contributed by atoms with Crippen LogP contribution >= 0.6 is 0 Å². The van der Waals surface area contributed by atoms with Gasteiger partial charge in [-0.25, -0.2) is 0 Å². The first-order valence-corrected chi connectivity index (χ1v) is 8.86. The molecule has 0 unspecified atom stereocenters. The highest BCUT2D eigenvalue weighted by atomic mass is 16.6. The summed E-state index contributed by atoms with van der Waals surface area (Å²) in [7, 11) is 0. The molecule has 1 nitrogen and oxygen atoms in total. The second-order valence-corrected chi connectivity index (χ2v) is 8.40. The van der Waals surface area contributed by atoms with Crippen molar-refractivity contribution in [2.45, 2.75) is 63.9 Å². The summed E-state index contributed by atoms with van der Waals surface area (Å²) in [5.74, 6) is 2.66. The van der Waals surface area contributed by atoms with E-state index in [1.165, 1.54) is 44.1 Å². The number of ether oxygens (including phenoxy) is 1. The van der Waals surface area contributed by atoms with E-state index in [9.17, 15) is 0 Å². The van der Waals surface area contributed by atoms with Crippen LogP contribution in [0.3, 0.4) is 0 Å². The molecule has 5 rings (SSSR count). The van der Waals surface area contributed by atoms with Crippen molar-refractivity contribution in [2.24, 2.45) is 17.3 Å². The first-order valence-electron chi connectivity index (χ1n) is 8.86. The fourth-order valence-electron chi connectivity index (χ4n) is 6.36. The highest BCUT2D eigenvalue weighted by Crippen LogP contribution is 2.68. The molecule has 1 saturated heterocycles. The summed E-state index contributed by atoms with van der Waals surface area (Å²) in [5, 5.41) is 0. The van der Waals surface area contributed by atoms with Gasteiger partial charge >= 0.3 is 0 Å². The molecule has 0 amide bonds. The van der Waals surface area contributed by atoms with Crippen LogP contribution in [0.15, 0.2) is 18.2 Å².